The van der Waals surface area contributed by atoms with Crippen LogP contribution in [0.1, 0.15) is 32.0 Å². The summed E-state index contributed by atoms with van der Waals surface area (Å²) in [6, 6.07) is 0. The zero-order valence-electron chi connectivity index (χ0n) is 9.82. The van der Waals surface area contributed by atoms with Crippen molar-refractivity contribution in [3.8, 4) is 0 Å². The first-order valence-electron chi connectivity index (χ1n) is 5.47. The van der Waals surface area contributed by atoms with Crippen molar-refractivity contribution >= 4 is 17.4 Å². The Kier molecular flexibility index (Phi) is 2.77. The second-order valence-corrected chi connectivity index (χ2v) is 4.25. The number of hydrogen-bond acceptors (Lipinski definition) is 4. The van der Waals surface area contributed by atoms with Crippen LogP contribution in [-0.4, -0.2) is 29.5 Å². The first-order chi connectivity index (χ1) is 7.59. The molecule has 0 fully saturated rings. The van der Waals surface area contributed by atoms with Crippen LogP contribution in [0.3, 0.4) is 0 Å². The smallest absolute Gasteiger partial charge is 0.228 e. The van der Waals surface area contributed by atoms with Gasteiger partial charge in [-0.1, -0.05) is 13.8 Å². The number of rotatable bonds is 1. The van der Waals surface area contributed by atoms with E-state index in [1.54, 1.807) is 18.1 Å². The van der Waals surface area contributed by atoms with Gasteiger partial charge in [0.05, 0.1) is 6.20 Å². The number of amides is 1. The Bertz CT molecular complexity index is 416. The second-order valence-electron chi connectivity index (χ2n) is 4.25. The van der Waals surface area contributed by atoms with Crippen molar-refractivity contribution in [3.05, 3.63) is 12.0 Å². The molecule has 86 valence electrons. The lowest BCUT2D eigenvalue weighted by Crippen LogP contribution is -2.25. The standard InChI is InChI=1S/C11H16N4O/c1-7(2)10-13-6-8-11(14-10)12-5-4-9(16)15(8)3/h6-7H,4-5H2,1-3H3,(H,12,13,14). The Morgan fingerprint density at radius 1 is 1.50 bits per heavy atom. The molecule has 2 heterocycles. The van der Waals surface area contributed by atoms with E-state index >= 15 is 0 Å². The molecule has 16 heavy (non-hydrogen) atoms. The molecule has 0 saturated heterocycles. The van der Waals surface area contributed by atoms with Gasteiger partial charge in [-0.2, -0.15) is 0 Å². The van der Waals surface area contributed by atoms with Crippen LogP contribution < -0.4 is 10.2 Å². The quantitative estimate of drug-likeness (QED) is 0.776. The van der Waals surface area contributed by atoms with Gasteiger partial charge in [0.2, 0.25) is 5.91 Å². The molecule has 1 N–H and O–H groups in total. The zero-order chi connectivity index (χ0) is 11.7. The molecular weight excluding hydrogens is 204 g/mol. The summed E-state index contributed by atoms with van der Waals surface area (Å²) in [6.45, 7) is 4.73. The highest BCUT2D eigenvalue weighted by Gasteiger charge is 2.20. The Balaban J connectivity index is 2.43. The predicted molar refractivity (Wildman–Crippen MR) is 62.6 cm³/mol. The normalized spacial score (nSPS) is 15.8. The van der Waals surface area contributed by atoms with Crippen molar-refractivity contribution in [1.29, 1.82) is 0 Å². The van der Waals surface area contributed by atoms with Crippen molar-refractivity contribution in [3.63, 3.8) is 0 Å². The molecule has 0 spiro atoms. The van der Waals surface area contributed by atoms with E-state index in [-0.39, 0.29) is 11.8 Å². The Hall–Kier alpha value is -1.65. The molecule has 1 aliphatic rings. The molecule has 1 aromatic rings. The molecule has 1 aromatic heterocycles. The number of aromatic nitrogens is 2. The first-order valence-corrected chi connectivity index (χ1v) is 5.47. The number of hydrogen-bond donors (Lipinski definition) is 1. The third-order valence-corrected chi connectivity index (χ3v) is 2.67. The average Bonchev–Trinajstić information content (AvgIpc) is 2.40. The lowest BCUT2D eigenvalue weighted by atomic mass is 10.2. The van der Waals surface area contributed by atoms with Gasteiger partial charge in [0.1, 0.15) is 11.5 Å². The van der Waals surface area contributed by atoms with Crippen LogP contribution >= 0.6 is 0 Å². The minimum Gasteiger partial charge on any atom is -0.368 e. The van der Waals surface area contributed by atoms with Gasteiger partial charge >= 0.3 is 0 Å². The van der Waals surface area contributed by atoms with Crippen molar-refractivity contribution in [2.24, 2.45) is 0 Å². The number of carbonyl (C=O) groups is 1. The SMILES string of the molecule is CC(C)c1ncc2c(n1)NCCC(=O)N2C. The molecule has 0 radical (unpaired) electrons. The van der Waals surface area contributed by atoms with Gasteiger partial charge in [-0.25, -0.2) is 9.97 Å². The van der Waals surface area contributed by atoms with Gasteiger partial charge in [-0.05, 0) is 0 Å². The van der Waals surface area contributed by atoms with E-state index in [4.69, 9.17) is 0 Å². The Morgan fingerprint density at radius 3 is 2.94 bits per heavy atom. The summed E-state index contributed by atoms with van der Waals surface area (Å²) in [5.74, 6) is 1.93. The van der Waals surface area contributed by atoms with Crippen LogP contribution in [0.5, 0.6) is 0 Å². The second kappa shape index (κ2) is 4.08. The number of nitrogens with zero attached hydrogens (tertiary/aromatic N) is 3. The fourth-order valence-electron chi connectivity index (χ4n) is 1.63. The molecule has 0 unspecified atom stereocenters. The van der Waals surface area contributed by atoms with Crippen LogP contribution in [0.15, 0.2) is 6.20 Å². The maximum atomic E-state index is 11.6. The van der Waals surface area contributed by atoms with Gasteiger partial charge in [-0.15, -0.1) is 0 Å². The molecule has 2 rings (SSSR count). The van der Waals surface area contributed by atoms with E-state index in [0.717, 1.165) is 17.3 Å². The minimum absolute atomic E-state index is 0.0900. The fourth-order valence-corrected chi connectivity index (χ4v) is 1.63. The van der Waals surface area contributed by atoms with Crippen LogP contribution in [0.25, 0.3) is 0 Å². The first kappa shape index (κ1) is 10.9. The lowest BCUT2D eigenvalue weighted by Gasteiger charge is -2.16. The molecule has 1 aliphatic heterocycles. The summed E-state index contributed by atoms with van der Waals surface area (Å²) < 4.78 is 0. The monoisotopic (exact) mass is 220 g/mol. The molecule has 1 amide bonds. The highest BCUT2D eigenvalue weighted by atomic mass is 16.2. The highest BCUT2D eigenvalue weighted by Crippen LogP contribution is 2.26. The maximum Gasteiger partial charge on any atom is 0.228 e. The Morgan fingerprint density at radius 2 is 2.25 bits per heavy atom. The van der Waals surface area contributed by atoms with E-state index in [1.165, 1.54) is 0 Å². The number of anilines is 2. The zero-order valence-corrected chi connectivity index (χ0v) is 9.82. The molecule has 5 heteroatoms. The van der Waals surface area contributed by atoms with Crippen molar-refractivity contribution in [2.75, 3.05) is 23.8 Å². The average molecular weight is 220 g/mol. The van der Waals surface area contributed by atoms with Gasteiger partial charge in [-0.3, -0.25) is 4.79 Å². The van der Waals surface area contributed by atoms with Crippen LogP contribution in [0, 0.1) is 0 Å². The molecule has 5 nitrogen and oxygen atoms in total. The minimum atomic E-state index is 0.0900. The number of carbonyl (C=O) groups excluding carboxylic acids is 1. The summed E-state index contributed by atoms with van der Waals surface area (Å²) in [6.07, 6.45) is 2.21. The maximum absolute atomic E-state index is 11.6. The molecule has 0 saturated carbocycles. The van der Waals surface area contributed by atoms with Crippen LogP contribution in [-0.2, 0) is 4.79 Å². The van der Waals surface area contributed by atoms with Crippen LogP contribution in [0.4, 0.5) is 11.5 Å². The fraction of sp³-hybridized carbons (Fsp3) is 0.545. The van der Waals surface area contributed by atoms with Crippen molar-refractivity contribution in [1.82, 2.24) is 9.97 Å². The molecule has 0 bridgehead atoms. The summed E-state index contributed by atoms with van der Waals surface area (Å²) in [4.78, 5) is 22.0. The molecule has 0 aliphatic carbocycles. The van der Waals surface area contributed by atoms with Crippen LogP contribution in [0.2, 0.25) is 0 Å². The molecular formula is C11H16N4O. The van der Waals surface area contributed by atoms with Gasteiger partial charge in [0.25, 0.3) is 0 Å². The van der Waals surface area contributed by atoms with E-state index in [1.807, 2.05) is 13.8 Å². The third kappa shape index (κ3) is 1.85. The predicted octanol–water partition coefficient (Wildman–Crippen LogP) is 1.38. The third-order valence-electron chi connectivity index (χ3n) is 2.67. The van der Waals surface area contributed by atoms with E-state index < -0.39 is 0 Å². The lowest BCUT2D eigenvalue weighted by molar-refractivity contribution is -0.118. The van der Waals surface area contributed by atoms with Crippen molar-refractivity contribution < 1.29 is 4.79 Å². The van der Waals surface area contributed by atoms with Gasteiger partial charge in [0.15, 0.2) is 5.82 Å². The summed E-state index contributed by atoms with van der Waals surface area (Å²) in [5, 5.41) is 3.17. The highest BCUT2D eigenvalue weighted by molar-refractivity contribution is 5.96. The Labute approximate surface area is 94.9 Å². The molecule has 0 atom stereocenters. The van der Waals surface area contributed by atoms with E-state index in [2.05, 4.69) is 15.3 Å². The van der Waals surface area contributed by atoms with E-state index in [0.29, 0.717) is 13.0 Å². The topological polar surface area (TPSA) is 58.1 Å². The number of nitrogens with one attached hydrogen (secondary N) is 1. The summed E-state index contributed by atoms with van der Waals surface area (Å²) in [5.41, 5.74) is 0.756. The summed E-state index contributed by atoms with van der Waals surface area (Å²) >= 11 is 0. The van der Waals surface area contributed by atoms with Gasteiger partial charge in [0, 0.05) is 25.9 Å². The summed E-state index contributed by atoms with van der Waals surface area (Å²) in [7, 11) is 1.76. The van der Waals surface area contributed by atoms with E-state index in [9.17, 15) is 4.79 Å². The number of fused-ring (bicyclic) bond motifs is 1. The van der Waals surface area contributed by atoms with Crippen molar-refractivity contribution in [2.45, 2.75) is 26.2 Å². The van der Waals surface area contributed by atoms with Gasteiger partial charge < -0.3 is 10.2 Å². The largest absolute Gasteiger partial charge is 0.368 e. The molecule has 0 aromatic carbocycles.